The monoisotopic (exact) mass is 205 g/mol. The van der Waals surface area contributed by atoms with Crippen molar-refractivity contribution in [2.45, 2.75) is 19.9 Å². The van der Waals surface area contributed by atoms with Crippen molar-refractivity contribution in [2.75, 3.05) is 7.11 Å². The number of ketones is 1. The number of benzene rings is 1. The van der Waals surface area contributed by atoms with Gasteiger partial charge in [-0.05, 0) is 38.1 Å². The SMILES string of the molecule is COc1ccc(C(=O)C=NC(C)C)cc1. The number of hydrogen-bond acceptors (Lipinski definition) is 3. The molecule has 0 aliphatic heterocycles. The van der Waals surface area contributed by atoms with Crippen molar-refractivity contribution in [1.82, 2.24) is 0 Å². The predicted molar refractivity (Wildman–Crippen MR) is 61.0 cm³/mol. The molecule has 0 bridgehead atoms. The number of carbonyl (C=O) groups is 1. The van der Waals surface area contributed by atoms with Gasteiger partial charge >= 0.3 is 0 Å². The highest BCUT2D eigenvalue weighted by atomic mass is 16.5. The first kappa shape index (κ1) is 11.4. The van der Waals surface area contributed by atoms with Crippen molar-refractivity contribution in [2.24, 2.45) is 4.99 Å². The third-order valence-electron chi connectivity index (χ3n) is 1.86. The summed E-state index contributed by atoms with van der Waals surface area (Å²) in [5.74, 6) is 0.665. The average Bonchev–Trinajstić information content (AvgIpc) is 2.26. The van der Waals surface area contributed by atoms with Gasteiger partial charge in [-0.25, -0.2) is 0 Å². The molecule has 1 rings (SSSR count). The Hall–Kier alpha value is -1.64. The first-order chi connectivity index (χ1) is 7.13. The van der Waals surface area contributed by atoms with E-state index in [-0.39, 0.29) is 11.8 Å². The third kappa shape index (κ3) is 3.54. The van der Waals surface area contributed by atoms with Crippen LogP contribution in [0.2, 0.25) is 0 Å². The second-order valence-electron chi connectivity index (χ2n) is 3.46. The van der Waals surface area contributed by atoms with Gasteiger partial charge in [0.1, 0.15) is 5.75 Å². The van der Waals surface area contributed by atoms with Crippen LogP contribution in [0.25, 0.3) is 0 Å². The molecule has 1 aromatic rings. The van der Waals surface area contributed by atoms with Crippen LogP contribution in [0, 0.1) is 0 Å². The lowest BCUT2D eigenvalue weighted by atomic mass is 10.1. The van der Waals surface area contributed by atoms with E-state index in [1.807, 2.05) is 13.8 Å². The summed E-state index contributed by atoms with van der Waals surface area (Å²) in [5, 5.41) is 0. The third-order valence-corrected chi connectivity index (χ3v) is 1.86. The molecule has 0 heterocycles. The highest BCUT2D eigenvalue weighted by Crippen LogP contribution is 2.11. The average molecular weight is 205 g/mol. The zero-order chi connectivity index (χ0) is 11.3. The highest BCUT2D eigenvalue weighted by molar-refractivity contribution is 6.35. The number of ether oxygens (including phenoxy) is 1. The van der Waals surface area contributed by atoms with E-state index in [0.717, 1.165) is 5.75 Å². The number of Topliss-reactive ketones (excluding diaryl/α,β-unsaturated/α-hetero) is 1. The minimum absolute atomic E-state index is 0.0775. The van der Waals surface area contributed by atoms with Crippen LogP contribution >= 0.6 is 0 Å². The van der Waals surface area contributed by atoms with Gasteiger partial charge in [-0.2, -0.15) is 0 Å². The van der Waals surface area contributed by atoms with Crippen molar-refractivity contribution in [3.8, 4) is 5.75 Å². The van der Waals surface area contributed by atoms with Gasteiger partial charge in [-0.15, -0.1) is 0 Å². The number of nitrogens with zero attached hydrogens (tertiary/aromatic N) is 1. The van der Waals surface area contributed by atoms with Gasteiger partial charge in [0.15, 0.2) is 0 Å². The standard InChI is InChI=1S/C12H15NO2/c1-9(2)13-8-12(14)10-4-6-11(15-3)7-5-10/h4-9H,1-3H3. The summed E-state index contributed by atoms with van der Waals surface area (Å²) in [6, 6.07) is 7.13. The minimum atomic E-state index is -0.0775. The van der Waals surface area contributed by atoms with Crippen LogP contribution in [0.15, 0.2) is 29.3 Å². The molecule has 0 radical (unpaired) electrons. The van der Waals surface area contributed by atoms with Crippen LogP contribution in [0.4, 0.5) is 0 Å². The Morgan fingerprint density at radius 3 is 2.40 bits per heavy atom. The number of carbonyl (C=O) groups excluding carboxylic acids is 1. The molecular formula is C12H15NO2. The zero-order valence-electron chi connectivity index (χ0n) is 9.23. The molecule has 0 atom stereocenters. The second-order valence-corrected chi connectivity index (χ2v) is 3.46. The van der Waals surface area contributed by atoms with Crippen LogP contribution in [-0.2, 0) is 0 Å². The molecular weight excluding hydrogens is 190 g/mol. The molecule has 3 nitrogen and oxygen atoms in total. The molecule has 0 saturated heterocycles. The Morgan fingerprint density at radius 2 is 1.93 bits per heavy atom. The van der Waals surface area contributed by atoms with Gasteiger partial charge in [-0.1, -0.05) is 0 Å². The number of aliphatic imine (C=N–C) groups is 1. The fraction of sp³-hybridized carbons (Fsp3) is 0.333. The largest absolute Gasteiger partial charge is 0.497 e. The van der Waals surface area contributed by atoms with Crippen molar-refractivity contribution < 1.29 is 9.53 Å². The summed E-state index contributed by atoms with van der Waals surface area (Å²) in [6.07, 6.45) is 1.37. The van der Waals surface area contributed by atoms with E-state index in [2.05, 4.69) is 4.99 Å². The summed E-state index contributed by atoms with van der Waals surface area (Å²) in [4.78, 5) is 15.6. The Bertz CT molecular complexity index is 352. The molecule has 0 aromatic heterocycles. The molecule has 1 aromatic carbocycles. The zero-order valence-corrected chi connectivity index (χ0v) is 9.23. The predicted octanol–water partition coefficient (Wildman–Crippen LogP) is 2.36. The quantitative estimate of drug-likeness (QED) is 0.559. The smallest absolute Gasteiger partial charge is 0.203 e. The summed E-state index contributed by atoms with van der Waals surface area (Å²) in [5.41, 5.74) is 0.625. The molecule has 0 unspecified atom stereocenters. The van der Waals surface area contributed by atoms with Crippen LogP contribution in [0.1, 0.15) is 24.2 Å². The van der Waals surface area contributed by atoms with Crippen molar-refractivity contribution in [3.63, 3.8) is 0 Å². The van der Waals surface area contributed by atoms with Crippen LogP contribution in [0.3, 0.4) is 0 Å². The highest BCUT2D eigenvalue weighted by Gasteiger charge is 2.02. The van der Waals surface area contributed by atoms with Crippen LogP contribution in [-0.4, -0.2) is 25.1 Å². The molecule has 80 valence electrons. The minimum Gasteiger partial charge on any atom is -0.497 e. The molecule has 0 aliphatic carbocycles. The molecule has 0 fully saturated rings. The van der Waals surface area contributed by atoms with Crippen molar-refractivity contribution >= 4 is 12.0 Å². The molecule has 0 N–H and O–H groups in total. The molecule has 0 spiro atoms. The molecule has 3 heteroatoms. The van der Waals surface area contributed by atoms with Crippen LogP contribution in [0.5, 0.6) is 5.75 Å². The van der Waals surface area contributed by atoms with Gasteiger partial charge in [0.05, 0.1) is 13.3 Å². The first-order valence-corrected chi connectivity index (χ1v) is 4.85. The van der Waals surface area contributed by atoms with E-state index in [1.54, 1.807) is 31.4 Å². The number of rotatable bonds is 4. The van der Waals surface area contributed by atoms with E-state index < -0.39 is 0 Å². The van der Waals surface area contributed by atoms with E-state index in [1.165, 1.54) is 6.21 Å². The summed E-state index contributed by atoms with van der Waals surface area (Å²) in [6.45, 7) is 3.86. The Kier molecular flexibility index (Phi) is 4.03. The maximum atomic E-state index is 11.6. The maximum Gasteiger partial charge on any atom is 0.203 e. The van der Waals surface area contributed by atoms with Gasteiger partial charge in [0, 0.05) is 11.6 Å². The molecule has 0 saturated carbocycles. The Labute approximate surface area is 89.8 Å². The Morgan fingerprint density at radius 1 is 1.33 bits per heavy atom. The molecule has 0 aliphatic rings. The lowest BCUT2D eigenvalue weighted by Gasteiger charge is -2.00. The van der Waals surface area contributed by atoms with Gasteiger partial charge in [0.25, 0.3) is 0 Å². The lowest BCUT2D eigenvalue weighted by Crippen LogP contribution is -2.02. The Balaban J connectivity index is 2.74. The number of methoxy groups -OCH3 is 1. The fourth-order valence-electron chi connectivity index (χ4n) is 1.05. The topological polar surface area (TPSA) is 38.7 Å². The second kappa shape index (κ2) is 5.29. The summed E-state index contributed by atoms with van der Waals surface area (Å²) >= 11 is 0. The van der Waals surface area contributed by atoms with E-state index in [4.69, 9.17) is 4.74 Å². The van der Waals surface area contributed by atoms with E-state index in [0.29, 0.717) is 5.56 Å². The normalized spacial score (nSPS) is 10.9. The number of hydrogen-bond donors (Lipinski definition) is 0. The molecule has 15 heavy (non-hydrogen) atoms. The fourth-order valence-corrected chi connectivity index (χ4v) is 1.05. The van der Waals surface area contributed by atoms with Gasteiger partial charge in [0.2, 0.25) is 5.78 Å². The maximum absolute atomic E-state index is 11.6. The van der Waals surface area contributed by atoms with Gasteiger partial charge < -0.3 is 4.74 Å². The summed E-state index contributed by atoms with van der Waals surface area (Å²) < 4.78 is 5.00. The van der Waals surface area contributed by atoms with Crippen LogP contribution < -0.4 is 4.74 Å². The van der Waals surface area contributed by atoms with Crippen molar-refractivity contribution in [1.29, 1.82) is 0 Å². The lowest BCUT2D eigenvalue weighted by molar-refractivity contribution is 0.107. The van der Waals surface area contributed by atoms with E-state index >= 15 is 0 Å². The van der Waals surface area contributed by atoms with E-state index in [9.17, 15) is 4.79 Å². The van der Waals surface area contributed by atoms with Gasteiger partial charge in [-0.3, -0.25) is 9.79 Å². The summed E-state index contributed by atoms with van der Waals surface area (Å²) in [7, 11) is 1.59. The van der Waals surface area contributed by atoms with Crippen molar-refractivity contribution in [3.05, 3.63) is 29.8 Å². The molecule has 0 amide bonds. The first-order valence-electron chi connectivity index (χ1n) is 4.85.